The molecule has 0 aromatic heterocycles. The van der Waals surface area contributed by atoms with Crippen molar-refractivity contribution < 1.29 is 34.8 Å². The lowest BCUT2D eigenvalue weighted by Crippen LogP contribution is -2.64. The number of hydrogen-bond acceptors (Lipinski definition) is 8. The first-order valence-electron chi connectivity index (χ1n) is 9.30. The summed E-state index contributed by atoms with van der Waals surface area (Å²) in [5, 5.41) is 43.8. The second-order valence-corrected chi connectivity index (χ2v) is 9.18. The zero-order valence-electron chi connectivity index (χ0n) is 16.5. The fraction of sp³-hybridized carbons (Fsp3) is 0.286. The first-order chi connectivity index (χ1) is 14.4. The molecule has 31 heavy (non-hydrogen) atoms. The molecule has 4 rings (SSSR count). The van der Waals surface area contributed by atoms with Gasteiger partial charge in [0, 0.05) is 14.9 Å². The SMILES string of the molecule is CN(C)[C@@H]1C(=O)C(C(N)=O)=C(O)[C@@]2(O)C(=O)c3c(cc4c(I)ccc(O)c4c3O)C[C@@H]12. The maximum absolute atomic E-state index is 13.5. The van der Waals surface area contributed by atoms with Crippen molar-refractivity contribution >= 4 is 50.8 Å². The standard InChI is InChI=1S/C21H19IN2O7/c1-24(2)15-9-6-7-5-8-10(22)3-4-11(25)13(8)16(26)12(7)18(28)21(9,31)19(29)14(17(15)27)20(23)30/h3-5,9,15,25-26,29,31H,6H2,1-2H3,(H2,23,30)/t9-,15-,21-/m0/s1. The first-order valence-corrected chi connectivity index (χ1v) is 10.4. The molecular formula is C21H19IN2O7. The Morgan fingerprint density at radius 2 is 1.87 bits per heavy atom. The number of fused-ring (bicyclic) bond motifs is 3. The van der Waals surface area contributed by atoms with Crippen molar-refractivity contribution in [1.29, 1.82) is 0 Å². The van der Waals surface area contributed by atoms with Crippen LogP contribution in [0, 0.1) is 9.49 Å². The van der Waals surface area contributed by atoms with Crippen LogP contribution in [0.1, 0.15) is 15.9 Å². The summed E-state index contributed by atoms with van der Waals surface area (Å²) >= 11 is 2.02. The van der Waals surface area contributed by atoms with Crippen molar-refractivity contribution in [2.24, 2.45) is 11.7 Å². The molecule has 162 valence electrons. The van der Waals surface area contributed by atoms with Gasteiger partial charge in [0.2, 0.25) is 5.78 Å². The van der Waals surface area contributed by atoms with Crippen LogP contribution in [0.4, 0.5) is 0 Å². The highest BCUT2D eigenvalue weighted by atomic mass is 127. The minimum Gasteiger partial charge on any atom is -0.508 e. The zero-order valence-corrected chi connectivity index (χ0v) is 18.7. The molecule has 0 heterocycles. The van der Waals surface area contributed by atoms with Crippen LogP contribution < -0.4 is 5.73 Å². The van der Waals surface area contributed by atoms with E-state index in [0.717, 1.165) is 0 Å². The van der Waals surface area contributed by atoms with Crippen molar-refractivity contribution in [3.8, 4) is 11.5 Å². The van der Waals surface area contributed by atoms with Gasteiger partial charge in [-0.25, -0.2) is 0 Å². The smallest absolute Gasteiger partial charge is 0.255 e. The van der Waals surface area contributed by atoms with Crippen molar-refractivity contribution in [2.45, 2.75) is 18.1 Å². The molecule has 0 saturated heterocycles. The number of phenolic OH excluding ortho intramolecular Hbond substituents is 2. The topological polar surface area (TPSA) is 161 Å². The minimum absolute atomic E-state index is 0.0238. The molecule has 0 fully saturated rings. The summed E-state index contributed by atoms with van der Waals surface area (Å²) in [6, 6.07) is 3.50. The Kier molecular flexibility index (Phi) is 4.79. The fourth-order valence-electron chi connectivity index (χ4n) is 4.75. The number of rotatable bonds is 2. The van der Waals surface area contributed by atoms with Gasteiger partial charge < -0.3 is 26.2 Å². The van der Waals surface area contributed by atoms with Crippen LogP contribution in [-0.2, 0) is 16.0 Å². The molecule has 0 unspecified atom stereocenters. The highest BCUT2D eigenvalue weighted by molar-refractivity contribution is 14.1. The lowest BCUT2D eigenvalue weighted by Gasteiger charge is -2.47. The molecule has 2 aliphatic carbocycles. The molecule has 0 radical (unpaired) electrons. The van der Waals surface area contributed by atoms with Crippen molar-refractivity contribution in [2.75, 3.05) is 14.1 Å². The number of amides is 1. The van der Waals surface area contributed by atoms with Crippen LogP contribution >= 0.6 is 22.6 Å². The Labute approximate surface area is 189 Å². The number of nitrogens with zero attached hydrogens (tertiary/aromatic N) is 1. The number of hydrogen-bond donors (Lipinski definition) is 5. The number of benzene rings is 2. The Balaban J connectivity index is 2.08. The van der Waals surface area contributed by atoms with Crippen LogP contribution in [0.2, 0.25) is 0 Å². The van der Waals surface area contributed by atoms with E-state index in [9.17, 15) is 34.8 Å². The molecule has 2 aromatic carbocycles. The predicted molar refractivity (Wildman–Crippen MR) is 118 cm³/mol. The molecule has 9 nitrogen and oxygen atoms in total. The number of phenols is 2. The number of carbonyl (C=O) groups is 3. The van der Waals surface area contributed by atoms with E-state index in [1.165, 1.54) is 11.0 Å². The van der Waals surface area contributed by atoms with E-state index in [-0.39, 0.29) is 23.1 Å². The molecule has 1 amide bonds. The first kappa shape index (κ1) is 21.5. The third kappa shape index (κ3) is 2.71. The molecule has 3 atom stereocenters. The van der Waals surface area contributed by atoms with Gasteiger partial charge in [-0.05, 0) is 66.9 Å². The van der Waals surface area contributed by atoms with Crippen molar-refractivity contribution in [3.63, 3.8) is 0 Å². The number of nitrogens with two attached hydrogens (primary N) is 1. The summed E-state index contributed by atoms with van der Waals surface area (Å²) in [4.78, 5) is 39.8. The summed E-state index contributed by atoms with van der Waals surface area (Å²) in [6.45, 7) is 0. The van der Waals surface area contributed by atoms with Gasteiger partial charge >= 0.3 is 0 Å². The van der Waals surface area contributed by atoms with Crippen molar-refractivity contribution in [1.82, 2.24) is 4.90 Å². The molecule has 0 bridgehead atoms. The van der Waals surface area contributed by atoms with E-state index in [1.807, 2.05) is 22.6 Å². The van der Waals surface area contributed by atoms with Crippen LogP contribution in [0.15, 0.2) is 29.5 Å². The summed E-state index contributed by atoms with van der Waals surface area (Å²) in [7, 11) is 3.09. The molecule has 2 aliphatic rings. The molecule has 0 saturated carbocycles. The summed E-state index contributed by atoms with van der Waals surface area (Å²) in [5.74, 6) is -6.20. The maximum atomic E-state index is 13.5. The van der Waals surface area contributed by atoms with E-state index in [4.69, 9.17) is 5.73 Å². The zero-order chi connectivity index (χ0) is 23.0. The number of primary amides is 1. The molecular weight excluding hydrogens is 519 g/mol. The molecule has 0 spiro atoms. The second kappa shape index (κ2) is 6.90. The summed E-state index contributed by atoms with van der Waals surface area (Å²) < 4.78 is 0.708. The van der Waals surface area contributed by atoms with Gasteiger partial charge in [0.25, 0.3) is 5.91 Å². The lowest BCUT2D eigenvalue weighted by molar-refractivity contribution is -0.132. The number of ketones is 2. The van der Waals surface area contributed by atoms with Gasteiger partial charge in [0.05, 0.1) is 17.0 Å². The van der Waals surface area contributed by atoms with E-state index in [2.05, 4.69) is 0 Å². The fourth-order valence-corrected chi connectivity index (χ4v) is 5.35. The third-order valence-corrected chi connectivity index (χ3v) is 7.07. The van der Waals surface area contributed by atoms with Gasteiger partial charge in [-0.3, -0.25) is 19.3 Å². The molecule has 10 heteroatoms. The normalized spacial score (nSPS) is 25.7. The van der Waals surface area contributed by atoms with Gasteiger partial charge in [0.1, 0.15) is 22.8 Å². The van der Waals surface area contributed by atoms with E-state index in [1.54, 1.807) is 26.2 Å². The van der Waals surface area contributed by atoms with Crippen LogP contribution in [0.25, 0.3) is 10.8 Å². The van der Waals surface area contributed by atoms with Gasteiger partial charge in [-0.1, -0.05) is 0 Å². The number of likely N-dealkylation sites (N-methyl/N-ethyl adjacent to an activating group) is 1. The number of aromatic hydroxyl groups is 2. The Morgan fingerprint density at radius 3 is 2.45 bits per heavy atom. The number of Topliss-reactive ketones (excluding diaryl/α,β-unsaturated/α-hetero) is 2. The van der Waals surface area contributed by atoms with Gasteiger partial charge in [-0.2, -0.15) is 0 Å². The average Bonchev–Trinajstić information content (AvgIpc) is 2.67. The van der Waals surface area contributed by atoms with Crippen molar-refractivity contribution in [3.05, 3.63) is 44.2 Å². The maximum Gasteiger partial charge on any atom is 0.255 e. The Morgan fingerprint density at radius 1 is 1.23 bits per heavy atom. The van der Waals surface area contributed by atoms with Gasteiger partial charge in [0.15, 0.2) is 11.4 Å². The van der Waals surface area contributed by atoms with E-state index < -0.39 is 52.1 Å². The number of aliphatic hydroxyl groups is 2. The van der Waals surface area contributed by atoms with Crippen LogP contribution in [-0.4, -0.2) is 68.5 Å². The number of carbonyl (C=O) groups excluding carboxylic acids is 3. The van der Waals surface area contributed by atoms with E-state index in [0.29, 0.717) is 14.5 Å². The second-order valence-electron chi connectivity index (χ2n) is 8.02. The highest BCUT2D eigenvalue weighted by Gasteiger charge is 2.62. The molecule has 6 N–H and O–H groups in total. The minimum atomic E-state index is -2.65. The summed E-state index contributed by atoms with van der Waals surface area (Å²) in [6.07, 6.45) is -0.0580. The molecule has 0 aliphatic heterocycles. The number of aliphatic hydroxyl groups excluding tert-OH is 1. The average molecular weight is 538 g/mol. The van der Waals surface area contributed by atoms with Crippen LogP contribution in [0.5, 0.6) is 11.5 Å². The quantitative estimate of drug-likeness (QED) is 0.277. The van der Waals surface area contributed by atoms with Crippen LogP contribution in [0.3, 0.4) is 0 Å². The lowest BCUT2D eigenvalue weighted by atomic mass is 9.62. The molecule has 2 aromatic rings. The number of halogens is 1. The van der Waals surface area contributed by atoms with E-state index >= 15 is 0 Å². The third-order valence-electron chi connectivity index (χ3n) is 6.13. The Hall–Kier alpha value is -2.70. The summed E-state index contributed by atoms with van der Waals surface area (Å²) in [5.41, 5.74) is 1.84. The Bertz CT molecular complexity index is 1240. The van der Waals surface area contributed by atoms with Gasteiger partial charge in [-0.15, -0.1) is 0 Å². The largest absolute Gasteiger partial charge is 0.508 e. The predicted octanol–water partition coefficient (Wildman–Crippen LogP) is 0.752. The monoisotopic (exact) mass is 538 g/mol. The highest BCUT2D eigenvalue weighted by Crippen LogP contribution is 2.49.